The Balaban J connectivity index is 1.76. The molecule has 0 saturated heterocycles. The van der Waals surface area contributed by atoms with E-state index in [0.29, 0.717) is 11.1 Å². The molecule has 48 heavy (non-hydrogen) atoms. The predicted octanol–water partition coefficient (Wildman–Crippen LogP) is 7.84. The van der Waals surface area contributed by atoms with Crippen molar-refractivity contribution in [2.75, 3.05) is 0 Å². The number of carboxylic acid groups (broad SMARTS) is 1. The number of aromatic carboxylic acids is 1. The molecule has 1 N–H and O–H groups in total. The first-order valence-corrected chi connectivity index (χ1v) is 15.5. The number of fused-ring (bicyclic) bond motifs is 1. The maximum atomic E-state index is 15.0. The molecule has 0 unspecified atom stereocenters. The monoisotopic (exact) mass is 683 g/mol. The van der Waals surface area contributed by atoms with Gasteiger partial charge in [-0.15, -0.1) is 0 Å². The largest absolute Gasteiger partial charge is 0.478 e. The molecule has 2 aromatic heterocycles. The topological polar surface area (TPSA) is 150 Å². The highest BCUT2D eigenvalue weighted by Gasteiger charge is 2.32. The van der Waals surface area contributed by atoms with E-state index in [9.17, 15) is 42.0 Å². The van der Waals surface area contributed by atoms with Gasteiger partial charge in [0.2, 0.25) is 0 Å². The minimum absolute atomic E-state index is 0.0101. The van der Waals surface area contributed by atoms with Crippen molar-refractivity contribution in [3.8, 4) is 45.6 Å². The second-order valence-corrected chi connectivity index (χ2v) is 12.5. The highest BCUT2D eigenvalue weighted by molar-refractivity contribution is 7.90. The second-order valence-electron chi connectivity index (χ2n) is 10.3. The lowest BCUT2D eigenvalue weighted by Gasteiger charge is -2.16. The Kier molecular flexibility index (Phi) is 8.18. The molecule has 0 amide bonds. The fourth-order valence-corrected chi connectivity index (χ4v) is 7.13. The summed E-state index contributed by atoms with van der Waals surface area (Å²) in [6.45, 7) is 0. The zero-order chi connectivity index (χ0) is 34.3. The SMILES string of the molecule is N#Cc1cccc(C#N)c1-c1c(-c2cccc(-c3ccc(C(=O)O)cc3Cl)c2)n(S(=O)(=O)c2cnc(C(F)F)nc2)c2ccc(F)cc12. The Morgan fingerprint density at radius 3 is 2.12 bits per heavy atom. The molecule has 0 radical (unpaired) electrons. The maximum Gasteiger partial charge on any atom is 0.335 e. The number of benzene rings is 4. The number of carboxylic acids is 1. The quantitative estimate of drug-likeness (QED) is 0.179. The van der Waals surface area contributed by atoms with Crippen LogP contribution in [0.3, 0.4) is 0 Å². The minimum atomic E-state index is -4.76. The second kappa shape index (κ2) is 12.3. The third-order valence-electron chi connectivity index (χ3n) is 7.49. The van der Waals surface area contributed by atoms with Gasteiger partial charge in [-0.05, 0) is 54.1 Å². The summed E-state index contributed by atoms with van der Waals surface area (Å²) in [6.07, 6.45) is -1.61. The summed E-state index contributed by atoms with van der Waals surface area (Å²) < 4.78 is 71.2. The molecule has 6 rings (SSSR count). The number of aromatic nitrogens is 3. The minimum Gasteiger partial charge on any atom is -0.478 e. The van der Waals surface area contributed by atoms with Crippen molar-refractivity contribution in [3.63, 3.8) is 0 Å². The summed E-state index contributed by atoms with van der Waals surface area (Å²) >= 11 is 6.47. The van der Waals surface area contributed by atoms with Crippen molar-refractivity contribution in [1.82, 2.24) is 13.9 Å². The first kappa shape index (κ1) is 31.9. The smallest absolute Gasteiger partial charge is 0.335 e. The highest BCUT2D eigenvalue weighted by Crippen LogP contribution is 2.46. The van der Waals surface area contributed by atoms with E-state index >= 15 is 0 Å². The fourth-order valence-electron chi connectivity index (χ4n) is 5.40. The molecule has 0 aliphatic rings. The molecule has 4 aromatic carbocycles. The first-order chi connectivity index (χ1) is 23.0. The van der Waals surface area contributed by atoms with E-state index in [4.69, 9.17) is 11.6 Å². The molecule has 0 aliphatic carbocycles. The van der Waals surface area contributed by atoms with E-state index in [1.165, 1.54) is 42.5 Å². The van der Waals surface area contributed by atoms with Gasteiger partial charge in [0.15, 0.2) is 5.82 Å². The number of nitrogens with zero attached hydrogens (tertiary/aromatic N) is 5. The molecule has 236 valence electrons. The lowest BCUT2D eigenvalue weighted by molar-refractivity contribution is 0.0696. The number of carbonyl (C=O) groups is 1. The van der Waals surface area contributed by atoms with Crippen LogP contribution in [0.5, 0.6) is 0 Å². The molecular weight excluding hydrogens is 667 g/mol. The third-order valence-corrected chi connectivity index (χ3v) is 9.47. The van der Waals surface area contributed by atoms with E-state index < -0.39 is 39.0 Å². The van der Waals surface area contributed by atoms with Gasteiger partial charge < -0.3 is 5.11 Å². The molecule has 0 fully saturated rings. The molecule has 0 bridgehead atoms. The van der Waals surface area contributed by atoms with Gasteiger partial charge in [-0.25, -0.2) is 40.3 Å². The van der Waals surface area contributed by atoms with Crippen molar-refractivity contribution >= 4 is 38.5 Å². The van der Waals surface area contributed by atoms with Crippen molar-refractivity contribution in [3.05, 3.63) is 125 Å². The summed E-state index contributed by atoms with van der Waals surface area (Å²) in [5, 5.41) is 29.7. The van der Waals surface area contributed by atoms with Crippen LogP contribution in [0.1, 0.15) is 33.7 Å². The van der Waals surface area contributed by atoms with E-state index in [2.05, 4.69) is 9.97 Å². The first-order valence-electron chi connectivity index (χ1n) is 13.7. The average Bonchev–Trinajstić information content (AvgIpc) is 3.42. The fraction of sp³-hybridized carbons (Fsp3) is 0.0294. The summed E-state index contributed by atoms with van der Waals surface area (Å²) in [7, 11) is -4.76. The molecule has 0 aliphatic heterocycles. The van der Waals surface area contributed by atoms with Crippen molar-refractivity contribution in [2.45, 2.75) is 11.3 Å². The van der Waals surface area contributed by atoms with Crippen molar-refractivity contribution in [1.29, 1.82) is 10.5 Å². The van der Waals surface area contributed by atoms with Gasteiger partial charge in [-0.1, -0.05) is 41.9 Å². The van der Waals surface area contributed by atoms with Gasteiger partial charge >= 0.3 is 5.97 Å². The van der Waals surface area contributed by atoms with Gasteiger partial charge in [0, 0.05) is 32.7 Å². The van der Waals surface area contributed by atoms with E-state index in [0.717, 1.165) is 28.5 Å². The third kappa shape index (κ3) is 5.41. The normalized spacial score (nSPS) is 11.4. The number of hydrogen-bond donors (Lipinski definition) is 1. The predicted molar refractivity (Wildman–Crippen MR) is 169 cm³/mol. The summed E-state index contributed by atoms with van der Waals surface area (Å²) in [4.78, 5) is 17.9. The van der Waals surface area contributed by atoms with E-state index in [-0.39, 0.29) is 55.0 Å². The van der Waals surface area contributed by atoms with Crippen LogP contribution in [-0.2, 0) is 10.0 Å². The molecule has 0 spiro atoms. The Bertz CT molecular complexity index is 2460. The molecule has 9 nitrogen and oxygen atoms in total. The molecule has 14 heteroatoms. The van der Waals surface area contributed by atoms with Crippen molar-refractivity contribution < 1.29 is 31.5 Å². The van der Waals surface area contributed by atoms with Gasteiger partial charge in [-0.3, -0.25) is 0 Å². The molecule has 2 heterocycles. The summed E-state index contributed by atoms with van der Waals surface area (Å²) in [6, 6.07) is 22.1. The lowest BCUT2D eigenvalue weighted by atomic mass is 9.90. The van der Waals surface area contributed by atoms with Gasteiger partial charge in [0.25, 0.3) is 16.4 Å². The van der Waals surface area contributed by atoms with Gasteiger partial charge in [-0.2, -0.15) is 10.5 Å². The zero-order valence-corrected chi connectivity index (χ0v) is 25.6. The molecule has 0 saturated carbocycles. The van der Waals surface area contributed by atoms with Crippen LogP contribution < -0.4 is 0 Å². The summed E-state index contributed by atoms with van der Waals surface area (Å²) in [5.74, 6) is -2.84. The standard InChI is InChI=1S/C34H17ClF3N5O4S/c35-27-12-20(34(44)45)7-9-25(27)18-3-1-4-19(11-18)31-30(29-21(14-39)5-2-6-22(29)15-40)26-13-23(36)8-10-28(26)43(31)48(46,47)24-16-41-33(32(37)38)42-17-24/h1-13,16-17,32H,(H,44,45). The number of rotatable bonds is 7. The van der Waals surface area contributed by atoms with Crippen LogP contribution in [-0.4, -0.2) is 33.4 Å². The Morgan fingerprint density at radius 1 is 0.875 bits per heavy atom. The average molecular weight is 684 g/mol. The van der Waals surface area contributed by atoms with Crippen LogP contribution in [0.25, 0.3) is 44.4 Å². The van der Waals surface area contributed by atoms with Gasteiger partial charge in [0.1, 0.15) is 10.7 Å². The van der Waals surface area contributed by atoms with Crippen LogP contribution in [0.2, 0.25) is 5.02 Å². The van der Waals surface area contributed by atoms with E-state index in [1.807, 2.05) is 12.1 Å². The number of alkyl halides is 2. The van der Waals surface area contributed by atoms with Gasteiger partial charge in [0.05, 0.1) is 52.4 Å². The Labute approximate surface area is 275 Å². The molecular formula is C34H17ClF3N5O4S. The number of hydrogen-bond acceptors (Lipinski definition) is 7. The van der Waals surface area contributed by atoms with Crippen LogP contribution >= 0.6 is 11.6 Å². The Hall–Kier alpha value is -6.02. The number of halogens is 4. The maximum absolute atomic E-state index is 15.0. The number of nitriles is 2. The van der Waals surface area contributed by atoms with Crippen molar-refractivity contribution in [2.24, 2.45) is 0 Å². The van der Waals surface area contributed by atoms with Crippen LogP contribution in [0, 0.1) is 28.5 Å². The van der Waals surface area contributed by atoms with E-state index in [1.54, 1.807) is 24.3 Å². The zero-order valence-electron chi connectivity index (χ0n) is 24.1. The highest BCUT2D eigenvalue weighted by atomic mass is 35.5. The van der Waals surface area contributed by atoms with Crippen LogP contribution in [0.15, 0.2) is 96.2 Å². The lowest BCUT2D eigenvalue weighted by Crippen LogP contribution is -2.15. The Morgan fingerprint density at radius 2 is 1.52 bits per heavy atom. The molecule has 0 atom stereocenters. The summed E-state index contributed by atoms with van der Waals surface area (Å²) in [5.41, 5.74) is 0.825. The van der Waals surface area contributed by atoms with Crippen LogP contribution in [0.4, 0.5) is 13.2 Å². The molecule has 6 aromatic rings.